The van der Waals surface area contributed by atoms with Crippen molar-refractivity contribution in [2.24, 2.45) is 16.6 Å². The highest BCUT2D eigenvalue weighted by molar-refractivity contribution is 14.0. The molecule has 3 rings (SSSR count). The fourth-order valence-electron chi connectivity index (χ4n) is 3.14. The third-order valence-corrected chi connectivity index (χ3v) is 4.68. The topological polar surface area (TPSA) is 89.2 Å². The van der Waals surface area contributed by atoms with E-state index in [4.69, 9.17) is 15.2 Å². The van der Waals surface area contributed by atoms with Crippen molar-refractivity contribution >= 4 is 35.8 Å². The molecule has 0 aromatic heterocycles. The van der Waals surface area contributed by atoms with Crippen molar-refractivity contribution in [1.82, 2.24) is 10.2 Å². The van der Waals surface area contributed by atoms with Gasteiger partial charge >= 0.3 is 0 Å². The summed E-state index contributed by atoms with van der Waals surface area (Å²) >= 11 is 0. The van der Waals surface area contributed by atoms with Crippen molar-refractivity contribution in [3.05, 3.63) is 23.8 Å². The SMILES string of the molecule is COc1ccc(CN=C(N)NCC2CC(=O)N(C3CC3)C2)cc1OC.I. The van der Waals surface area contributed by atoms with Gasteiger partial charge in [-0.25, -0.2) is 4.99 Å². The lowest BCUT2D eigenvalue weighted by atomic mass is 10.1. The van der Waals surface area contributed by atoms with Gasteiger partial charge in [0.05, 0.1) is 20.8 Å². The van der Waals surface area contributed by atoms with E-state index >= 15 is 0 Å². The fraction of sp³-hybridized carbons (Fsp3) is 0.556. The monoisotopic (exact) mass is 474 g/mol. The number of rotatable bonds is 7. The predicted molar refractivity (Wildman–Crippen MR) is 111 cm³/mol. The quantitative estimate of drug-likeness (QED) is 0.357. The molecule has 1 aliphatic heterocycles. The second-order valence-corrected chi connectivity index (χ2v) is 6.62. The molecule has 0 bridgehead atoms. The third kappa shape index (κ3) is 5.15. The molecule has 144 valence electrons. The number of methoxy groups -OCH3 is 2. The summed E-state index contributed by atoms with van der Waals surface area (Å²) in [6.45, 7) is 1.96. The predicted octanol–water partition coefficient (Wildman–Crippen LogP) is 1.74. The van der Waals surface area contributed by atoms with Crippen LogP contribution in [0.5, 0.6) is 11.5 Å². The number of amides is 1. The Hall–Kier alpha value is -1.71. The molecule has 2 fully saturated rings. The molecule has 0 radical (unpaired) electrons. The van der Waals surface area contributed by atoms with Crippen LogP contribution in [0, 0.1) is 5.92 Å². The van der Waals surface area contributed by atoms with E-state index in [-0.39, 0.29) is 29.9 Å². The van der Waals surface area contributed by atoms with E-state index in [1.165, 1.54) is 0 Å². The lowest BCUT2D eigenvalue weighted by molar-refractivity contribution is -0.128. The summed E-state index contributed by atoms with van der Waals surface area (Å²) in [7, 11) is 3.21. The number of aliphatic imine (C=N–C) groups is 1. The Morgan fingerprint density at radius 2 is 2.04 bits per heavy atom. The minimum atomic E-state index is 0. The van der Waals surface area contributed by atoms with Gasteiger partial charge in [0.1, 0.15) is 0 Å². The number of guanidine groups is 1. The van der Waals surface area contributed by atoms with Crippen molar-refractivity contribution in [1.29, 1.82) is 0 Å². The Kier molecular flexibility index (Phi) is 7.36. The first-order valence-electron chi connectivity index (χ1n) is 8.65. The molecule has 1 atom stereocenters. The van der Waals surface area contributed by atoms with Crippen molar-refractivity contribution in [3.8, 4) is 11.5 Å². The van der Waals surface area contributed by atoms with Gasteiger partial charge in [0, 0.05) is 31.5 Å². The normalized spacial score (nSPS) is 19.9. The first-order chi connectivity index (χ1) is 12.1. The van der Waals surface area contributed by atoms with Gasteiger partial charge in [-0.2, -0.15) is 0 Å². The van der Waals surface area contributed by atoms with Crippen molar-refractivity contribution in [3.63, 3.8) is 0 Å². The Balaban J connectivity index is 0.00000243. The molecule has 1 aromatic carbocycles. The minimum absolute atomic E-state index is 0. The molecule has 2 aliphatic rings. The molecule has 0 spiro atoms. The van der Waals surface area contributed by atoms with Crippen LogP contribution < -0.4 is 20.5 Å². The van der Waals surface area contributed by atoms with Gasteiger partial charge in [-0.05, 0) is 30.5 Å². The molecule has 1 saturated carbocycles. The molecule has 7 nitrogen and oxygen atoms in total. The molecule has 1 saturated heterocycles. The van der Waals surface area contributed by atoms with Crippen molar-refractivity contribution < 1.29 is 14.3 Å². The zero-order valence-corrected chi connectivity index (χ0v) is 17.6. The maximum atomic E-state index is 11.9. The van der Waals surface area contributed by atoms with E-state index in [1.807, 2.05) is 23.1 Å². The number of benzene rings is 1. The van der Waals surface area contributed by atoms with Crippen LogP contribution in [0.4, 0.5) is 0 Å². The summed E-state index contributed by atoms with van der Waals surface area (Å²) in [6, 6.07) is 6.16. The van der Waals surface area contributed by atoms with Crippen LogP contribution in [-0.4, -0.2) is 50.1 Å². The Morgan fingerprint density at radius 3 is 2.69 bits per heavy atom. The maximum absolute atomic E-state index is 11.9. The molecule has 1 unspecified atom stereocenters. The fourth-order valence-corrected chi connectivity index (χ4v) is 3.14. The van der Waals surface area contributed by atoms with Gasteiger partial charge in [-0.3, -0.25) is 4.79 Å². The van der Waals surface area contributed by atoms with E-state index in [0.717, 1.165) is 24.9 Å². The Morgan fingerprint density at radius 1 is 1.31 bits per heavy atom. The summed E-state index contributed by atoms with van der Waals surface area (Å²) in [5, 5.41) is 3.14. The largest absolute Gasteiger partial charge is 0.493 e. The van der Waals surface area contributed by atoms with Crippen LogP contribution in [0.2, 0.25) is 0 Å². The molecule has 1 heterocycles. The number of halogens is 1. The van der Waals surface area contributed by atoms with Crippen LogP contribution in [0.1, 0.15) is 24.8 Å². The third-order valence-electron chi connectivity index (χ3n) is 4.68. The number of carbonyl (C=O) groups is 1. The van der Waals surface area contributed by atoms with E-state index in [2.05, 4.69) is 10.3 Å². The molecule has 1 aromatic rings. The standard InChI is InChI=1S/C18H26N4O3.HI/c1-24-15-6-3-12(7-16(15)25-2)9-20-18(19)21-10-13-8-17(23)22(11-13)14-4-5-14;/h3,6-7,13-14H,4-5,8-11H2,1-2H3,(H3,19,20,21);1H. The number of nitrogens with two attached hydrogens (primary N) is 1. The summed E-state index contributed by atoms with van der Waals surface area (Å²) in [4.78, 5) is 18.3. The van der Waals surface area contributed by atoms with Gasteiger partial charge in [-0.1, -0.05) is 6.07 Å². The van der Waals surface area contributed by atoms with Crippen LogP contribution in [0.3, 0.4) is 0 Å². The highest BCUT2D eigenvalue weighted by Crippen LogP contribution is 2.32. The molecule has 26 heavy (non-hydrogen) atoms. The number of hydrogen-bond donors (Lipinski definition) is 2. The average molecular weight is 474 g/mol. The smallest absolute Gasteiger partial charge is 0.223 e. The average Bonchev–Trinajstić information content (AvgIpc) is 3.40. The number of nitrogens with zero attached hydrogens (tertiary/aromatic N) is 2. The molecular weight excluding hydrogens is 447 g/mol. The highest BCUT2D eigenvalue weighted by atomic mass is 127. The zero-order valence-electron chi connectivity index (χ0n) is 15.2. The van der Waals surface area contributed by atoms with E-state index < -0.39 is 0 Å². The van der Waals surface area contributed by atoms with E-state index in [9.17, 15) is 4.79 Å². The number of carbonyl (C=O) groups excluding carboxylic acids is 1. The number of likely N-dealkylation sites (tertiary alicyclic amines) is 1. The summed E-state index contributed by atoms with van der Waals surface area (Å²) in [5.74, 6) is 2.34. The van der Waals surface area contributed by atoms with Crippen LogP contribution in [-0.2, 0) is 11.3 Å². The van der Waals surface area contributed by atoms with Crippen molar-refractivity contribution in [2.75, 3.05) is 27.3 Å². The van der Waals surface area contributed by atoms with Crippen LogP contribution >= 0.6 is 24.0 Å². The zero-order chi connectivity index (χ0) is 17.8. The van der Waals surface area contributed by atoms with Crippen LogP contribution in [0.25, 0.3) is 0 Å². The summed E-state index contributed by atoms with van der Waals surface area (Å²) in [5.41, 5.74) is 6.94. The van der Waals surface area contributed by atoms with Crippen LogP contribution in [0.15, 0.2) is 23.2 Å². The van der Waals surface area contributed by atoms with E-state index in [0.29, 0.717) is 48.9 Å². The molecule has 8 heteroatoms. The summed E-state index contributed by atoms with van der Waals surface area (Å²) < 4.78 is 10.5. The number of hydrogen-bond acceptors (Lipinski definition) is 4. The lowest BCUT2D eigenvalue weighted by Crippen LogP contribution is -2.36. The number of nitrogens with one attached hydrogen (secondary N) is 1. The van der Waals surface area contributed by atoms with E-state index in [1.54, 1.807) is 14.2 Å². The number of ether oxygens (including phenoxy) is 2. The molecule has 3 N–H and O–H groups in total. The Labute approximate surface area is 171 Å². The molecular formula is C18H27IN4O3. The van der Waals surface area contributed by atoms with Gasteiger partial charge in [0.2, 0.25) is 5.91 Å². The maximum Gasteiger partial charge on any atom is 0.223 e. The van der Waals surface area contributed by atoms with Crippen molar-refractivity contribution in [2.45, 2.75) is 31.8 Å². The second-order valence-electron chi connectivity index (χ2n) is 6.62. The summed E-state index contributed by atoms with van der Waals surface area (Å²) in [6.07, 6.45) is 2.91. The van der Waals surface area contributed by atoms with Gasteiger partial charge in [0.25, 0.3) is 0 Å². The highest BCUT2D eigenvalue weighted by Gasteiger charge is 2.39. The molecule has 1 aliphatic carbocycles. The first-order valence-corrected chi connectivity index (χ1v) is 8.65. The lowest BCUT2D eigenvalue weighted by Gasteiger charge is -2.15. The van der Waals surface area contributed by atoms with Gasteiger partial charge < -0.3 is 25.4 Å². The van der Waals surface area contributed by atoms with Gasteiger partial charge in [0.15, 0.2) is 17.5 Å². The first kappa shape index (κ1) is 20.6. The Bertz CT molecular complexity index is 664. The van der Waals surface area contributed by atoms with Gasteiger partial charge in [-0.15, -0.1) is 24.0 Å². The molecule has 1 amide bonds. The minimum Gasteiger partial charge on any atom is -0.493 e. The second kappa shape index (κ2) is 9.29.